The summed E-state index contributed by atoms with van der Waals surface area (Å²) in [6.07, 6.45) is 0. The van der Waals surface area contributed by atoms with E-state index in [2.05, 4.69) is 231 Å². The molecule has 56 heavy (non-hydrogen) atoms. The molecule has 1 aliphatic rings. The van der Waals surface area contributed by atoms with Crippen molar-refractivity contribution in [3.63, 3.8) is 0 Å². The van der Waals surface area contributed by atoms with Crippen LogP contribution in [0, 0.1) is 0 Å². The van der Waals surface area contributed by atoms with E-state index in [0.29, 0.717) is 0 Å². The first-order chi connectivity index (χ1) is 27.5. The lowest BCUT2D eigenvalue weighted by atomic mass is 9.80. The molecule has 266 valence electrons. The Bertz CT molecular complexity index is 2840. The minimum Gasteiger partial charge on any atom is -0.311 e. The third-order valence-corrected chi connectivity index (χ3v) is 11.7. The van der Waals surface area contributed by atoms with Crippen LogP contribution in [0.4, 0.5) is 17.1 Å². The summed E-state index contributed by atoms with van der Waals surface area (Å²) < 4.78 is 0. The molecule has 10 rings (SSSR count). The quantitative estimate of drug-likeness (QED) is 0.159. The predicted octanol–water partition coefficient (Wildman–Crippen LogP) is 15.3. The first kappa shape index (κ1) is 33.6. The number of benzene rings is 9. The van der Waals surface area contributed by atoms with Gasteiger partial charge in [-0.05, 0) is 132 Å². The van der Waals surface area contributed by atoms with Gasteiger partial charge in [0, 0.05) is 22.5 Å². The zero-order chi connectivity index (χ0) is 37.6. The van der Waals surface area contributed by atoms with Gasteiger partial charge in [0.2, 0.25) is 0 Å². The minimum absolute atomic E-state index is 0.150. The van der Waals surface area contributed by atoms with Gasteiger partial charge in [0.15, 0.2) is 0 Å². The average Bonchev–Trinajstić information content (AvgIpc) is 3.49. The summed E-state index contributed by atoms with van der Waals surface area (Å²) in [5, 5.41) is 2.51. The predicted molar refractivity (Wildman–Crippen MR) is 238 cm³/mol. The Morgan fingerprint density at radius 2 is 0.804 bits per heavy atom. The highest BCUT2D eigenvalue weighted by Gasteiger charge is 2.38. The lowest BCUT2D eigenvalue weighted by Gasteiger charge is -2.26. The van der Waals surface area contributed by atoms with Gasteiger partial charge in [0.05, 0.1) is 0 Å². The van der Waals surface area contributed by atoms with E-state index in [9.17, 15) is 0 Å². The van der Waals surface area contributed by atoms with Crippen LogP contribution in [0.15, 0.2) is 212 Å². The van der Waals surface area contributed by atoms with E-state index < -0.39 is 0 Å². The van der Waals surface area contributed by atoms with Crippen LogP contribution >= 0.6 is 0 Å². The molecular formula is C55H41N. The lowest BCUT2D eigenvalue weighted by Crippen LogP contribution is -2.15. The average molecular weight is 716 g/mol. The summed E-state index contributed by atoms with van der Waals surface area (Å²) in [7, 11) is 0. The van der Waals surface area contributed by atoms with Crippen molar-refractivity contribution in [2.75, 3.05) is 4.90 Å². The van der Waals surface area contributed by atoms with Crippen LogP contribution in [-0.4, -0.2) is 0 Å². The maximum Gasteiger partial charge on any atom is 0.0462 e. The fourth-order valence-corrected chi connectivity index (χ4v) is 8.77. The van der Waals surface area contributed by atoms with E-state index in [0.717, 1.165) is 17.1 Å². The van der Waals surface area contributed by atoms with Gasteiger partial charge >= 0.3 is 0 Å². The second-order valence-electron chi connectivity index (χ2n) is 15.4. The Morgan fingerprint density at radius 3 is 1.46 bits per heavy atom. The van der Waals surface area contributed by atoms with Crippen molar-refractivity contribution in [1.29, 1.82) is 0 Å². The first-order valence-corrected chi connectivity index (χ1v) is 19.5. The molecule has 1 aliphatic carbocycles. The SMILES string of the molecule is CC1(C)c2cc(-c3ccc(N(c4ccccc4)c4ccc(-c5ccc6ccccc6c5)cc4)cc3)c(-c3ccccc3)cc2-c2c(-c3ccccc3)cccc21. The molecule has 0 heterocycles. The molecule has 9 aromatic rings. The number of para-hydroxylation sites is 1. The zero-order valence-electron chi connectivity index (χ0n) is 31.7. The Hall–Kier alpha value is -6.96. The van der Waals surface area contributed by atoms with Gasteiger partial charge in [0.1, 0.15) is 0 Å². The van der Waals surface area contributed by atoms with Crippen molar-refractivity contribution in [2.45, 2.75) is 19.3 Å². The molecule has 0 unspecified atom stereocenters. The van der Waals surface area contributed by atoms with Crippen molar-refractivity contribution in [2.24, 2.45) is 0 Å². The first-order valence-electron chi connectivity index (χ1n) is 19.5. The Morgan fingerprint density at radius 1 is 0.304 bits per heavy atom. The molecule has 0 bridgehead atoms. The van der Waals surface area contributed by atoms with Crippen LogP contribution < -0.4 is 4.90 Å². The molecule has 1 nitrogen and oxygen atoms in total. The van der Waals surface area contributed by atoms with Crippen LogP contribution in [0.5, 0.6) is 0 Å². The number of hydrogen-bond donors (Lipinski definition) is 0. The molecule has 0 atom stereocenters. The fraction of sp³-hybridized carbons (Fsp3) is 0.0545. The lowest BCUT2D eigenvalue weighted by molar-refractivity contribution is 0.661. The Balaban J connectivity index is 1.07. The van der Waals surface area contributed by atoms with Crippen molar-refractivity contribution >= 4 is 27.8 Å². The highest BCUT2D eigenvalue weighted by atomic mass is 15.1. The van der Waals surface area contributed by atoms with Gasteiger partial charge < -0.3 is 4.90 Å². The highest BCUT2D eigenvalue weighted by molar-refractivity contribution is 5.98. The van der Waals surface area contributed by atoms with Crippen molar-refractivity contribution in [3.8, 4) is 55.6 Å². The number of nitrogens with zero attached hydrogens (tertiary/aromatic N) is 1. The van der Waals surface area contributed by atoms with Crippen LogP contribution in [-0.2, 0) is 5.41 Å². The number of fused-ring (bicyclic) bond motifs is 4. The van der Waals surface area contributed by atoms with E-state index in [1.807, 2.05) is 0 Å². The molecule has 9 aromatic carbocycles. The molecule has 0 N–H and O–H groups in total. The van der Waals surface area contributed by atoms with Gasteiger partial charge in [0.25, 0.3) is 0 Å². The molecule has 0 radical (unpaired) electrons. The normalized spacial score (nSPS) is 12.6. The summed E-state index contributed by atoms with van der Waals surface area (Å²) in [6.45, 7) is 4.76. The zero-order valence-corrected chi connectivity index (χ0v) is 31.7. The van der Waals surface area contributed by atoms with Crippen LogP contribution in [0.2, 0.25) is 0 Å². The van der Waals surface area contributed by atoms with Crippen LogP contribution in [0.3, 0.4) is 0 Å². The third kappa shape index (κ3) is 5.81. The number of rotatable bonds is 7. The molecule has 0 spiro atoms. The summed E-state index contributed by atoms with van der Waals surface area (Å²) >= 11 is 0. The largest absolute Gasteiger partial charge is 0.311 e. The Labute approximate surface area is 329 Å². The maximum atomic E-state index is 2.47. The highest BCUT2D eigenvalue weighted by Crippen LogP contribution is 2.54. The summed E-state index contributed by atoms with van der Waals surface area (Å²) in [5.41, 5.74) is 18.5. The molecular weight excluding hydrogens is 675 g/mol. The molecule has 0 amide bonds. The van der Waals surface area contributed by atoms with Gasteiger partial charge in [-0.1, -0.05) is 172 Å². The van der Waals surface area contributed by atoms with Gasteiger partial charge in [-0.3, -0.25) is 0 Å². The molecule has 0 saturated heterocycles. The number of hydrogen-bond acceptors (Lipinski definition) is 1. The third-order valence-electron chi connectivity index (χ3n) is 11.7. The minimum atomic E-state index is -0.150. The van der Waals surface area contributed by atoms with Crippen molar-refractivity contribution < 1.29 is 0 Å². The van der Waals surface area contributed by atoms with Gasteiger partial charge in [-0.25, -0.2) is 0 Å². The van der Waals surface area contributed by atoms with Crippen LogP contribution in [0.1, 0.15) is 25.0 Å². The van der Waals surface area contributed by atoms with E-state index >= 15 is 0 Å². The molecule has 0 fully saturated rings. The summed E-state index contributed by atoms with van der Waals surface area (Å²) in [4.78, 5) is 2.35. The van der Waals surface area contributed by atoms with E-state index in [4.69, 9.17) is 0 Å². The van der Waals surface area contributed by atoms with Crippen molar-refractivity contribution in [3.05, 3.63) is 223 Å². The van der Waals surface area contributed by atoms with Crippen molar-refractivity contribution in [1.82, 2.24) is 0 Å². The van der Waals surface area contributed by atoms with E-state index in [-0.39, 0.29) is 5.41 Å². The van der Waals surface area contributed by atoms with Crippen LogP contribution in [0.25, 0.3) is 66.4 Å². The molecule has 1 heteroatoms. The van der Waals surface area contributed by atoms with E-state index in [1.165, 1.54) is 77.5 Å². The molecule has 0 aliphatic heterocycles. The van der Waals surface area contributed by atoms with Gasteiger partial charge in [-0.15, -0.1) is 0 Å². The van der Waals surface area contributed by atoms with E-state index in [1.54, 1.807) is 0 Å². The monoisotopic (exact) mass is 715 g/mol. The van der Waals surface area contributed by atoms with Gasteiger partial charge in [-0.2, -0.15) is 0 Å². The Kier molecular flexibility index (Phi) is 8.23. The maximum absolute atomic E-state index is 2.47. The standard InChI is InChI=1S/C55H41N/c1-55(2)52-24-14-23-48(40-16-6-3-7-17-40)54(52)51-36-49(41-18-8-4-9-19-41)50(37-53(51)55)42-29-33-47(34-30-42)56(45-21-10-5-11-22-45)46-31-27-39(28-32-46)44-26-25-38-15-12-13-20-43(38)35-44/h3-37H,1-2H3. The smallest absolute Gasteiger partial charge is 0.0462 e. The topological polar surface area (TPSA) is 3.24 Å². The second-order valence-corrected chi connectivity index (χ2v) is 15.4. The number of anilines is 3. The fourth-order valence-electron chi connectivity index (χ4n) is 8.77. The molecule has 0 aromatic heterocycles. The summed E-state index contributed by atoms with van der Waals surface area (Å²) in [5.74, 6) is 0. The second kappa shape index (κ2) is 13.7. The molecule has 0 saturated carbocycles. The summed E-state index contributed by atoms with van der Waals surface area (Å²) in [6, 6.07) is 77.5.